The first-order chi connectivity index (χ1) is 18.4. The molecule has 0 radical (unpaired) electrons. The average molecular weight is 547 g/mol. The van der Waals surface area contributed by atoms with Crippen LogP contribution in [0.1, 0.15) is 29.5 Å². The van der Waals surface area contributed by atoms with Crippen molar-refractivity contribution < 1.29 is 4.79 Å². The molecule has 5 aromatic rings. The zero-order chi connectivity index (χ0) is 26.4. The van der Waals surface area contributed by atoms with Crippen LogP contribution in [0.3, 0.4) is 0 Å². The SMILES string of the molecule is NC(=O)Cc1cccc(-c2nc([C@@H]3CCc4cc(-c5cc(Cl)ccc5-n5cnnn5)cc(=O)n43)[nH]c2Cl)c1. The van der Waals surface area contributed by atoms with Gasteiger partial charge < -0.3 is 15.3 Å². The fraction of sp³-hybridized carbons (Fsp3) is 0.154. The largest absolute Gasteiger partial charge is 0.369 e. The van der Waals surface area contributed by atoms with E-state index in [-0.39, 0.29) is 18.0 Å². The lowest BCUT2D eigenvalue weighted by molar-refractivity contribution is -0.117. The van der Waals surface area contributed by atoms with E-state index in [9.17, 15) is 9.59 Å². The summed E-state index contributed by atoms with van der Waals surface area (Å²) in [5, 5.41) is 12.3. The van der Waals surface area contributed by atoms with Crippen LogP contribution >= 0.6 is 23.2 Å². The molecule has 6 rings (SSSR count). The fourth-order valence-electron chi connectivity index (χ4n) is 4.97. The van der Waals surface area contributed by atoms with E-state index in [0.29, 0.717) is 40.2 Å². The number of halogens is 2. The summed E-state index contributed by atoms with van der Waals surface area (Å²) in [6.07, 6.45) is 2.97. The van der Waals surface area contributed by atoms with Gasteiger partial charge in [0.05, 0.1) is 18.2 Å². The molecule has 10 nitrogen and oxygen atoms in total. The number of benzene rings is 2. The van der Waals surface area contributed by atoms with E-state index < -0.39 is 5.91 Å². The van der Waals surface area contributed by atoms with E-state index in [1.807, 2.05) is 36.4 Å². The molecule has 1 amide bonds. The number of nitrogens with two attached hydrogens (primary N) is 1. The number of hydrogen-bond acceptors (Lipinski definition) is 6. The lowest BCUT2D eigenvalue weighted by atomic mass is 10.0. The van der Waals surface area contributed by atoms with Gasteiger partial charge in [-0.1, -0.05) is 41.4 Å². The molecule has 0 bridgehead atoms. The molecular weight excluding hydrogens is 527 g/mol. The minimum absolute atomic E-state index is 0.123. The van der Waals surface area contributed by atoms with Crippen molar-refractivity contribution in [3.8, 4) is 28.1 Å². The number of aryl methyl sites for hydroxylation is 1. The summed E-state index contributed by atoms with van der Waals surface area (Å²) in [5.74, 6) is 0.177. The maximum Gasteiger partial charge on any atom is 0.252 e. The molecule has 0 unspecified atom stereocenters. The number of pyridine rings is 1. The van der Waals surface area contributed by atoms with Gasteiger partial charge >= 0.3 is 0 Å². The number of imidazole rings is 1. The fourth-order valence-corrected chi connectivity index (χ4v) is 5.39. The van der Waals surface area contributed by atoms with Crippen molar-refractivity contribution in [3.05, 3.63) is 98.5 Å². The third-order valence-electron chi connectivity index (χ3n) is 6.57. The van der Waals surface area contributed by atoms with Gasteiger partial charge in [0.25, 0.3) is 5.56 Å². The highest BCUT2D eigenvalue weighted by Gasteiger charge is 2.29. The van der Waals surface area contributed by atoms with Gasteiger partial charge in [-0.2, -0.15) is 4.68 Å². The highest BCUT2D eigenvalue weighted by Crippen LogP contribution is 2.36. The molecule has 38 heavy (non-hydrogen) atoms. The third-order valence-corrected chi connectivity index (χ3v) is 7.08. The van der Waals surface area contributed by atoms with Gasteiger partial charge in [0, 0.05) is 27.9 Å². The van der Waals surface area contributed by atoms with E-state index >= 15 is 0 Å². The molecule has 3 N–H and O–H groups in total. The smallest absolute Gasteiger partial charge is 0.252 e. The van der Waals surface area contributed by atoms with Gasteiger partial charge in [0.15, 0.2) is 0 Å². The lowest BCUT2D eigenvalue weighted by Gasteiger charge is -2.15. The Hall–Kier alpha value is -4.28. The first-order valence-electron chi connectivity index (χ1n) is 11.8. The van der Waals surface area contributed by atoms with Gasteiger partial charge in [-0.3, -0.25) is 9.59 Å². The summed E-state index contributed by atoms with van der Waals surface area (Å²) in [6.45, 7) is 0. The number of H-pyrrole nitrogens is 1. The number of hydrogen-bond donors (Lipinski definition) is 2. The molecule has 0 saturated heterocycles. The predicted octanol–water partition coefficient (Wildman–Crippen LogP) is 3.75. The second-order valence-electron chi connectivity index (χ2n) is 9.04. The van der Waals surface area contributed by atoms with Gasteiger partial charge in [-0.25, -0.2) is 4.98 Å². The number of aromatic nitrogens is 7. The zero-order valence-electron chi connectivity index (χ0n) is 19.8. The van der Waals surface area contributed by atoms with Crippen molar-refractivity contribution in [2.24, 2.45) is 5.73 Å². The zero-order valence-corrected chi connectivity index (χ0v) is 21.3. The summed E-state index contributed by atoms with van der Waals surface area (Å²) in [7, 11) is 0. The maximum atomic E-state index is 13.4. The minimum atomic E-state index is -0.417. The summed E-state index contributed by atoms with van der Waals surface area (Å²) < 4.78 is 3.28. The van der Waals surface area contributed by atoms with Crippen LogP contribution in [0, 0.1) is 0 Å². The quantitative estimate of drug-likeness (QED) is 0.332. The number of nitrogens with zero attached hydrogens (tertiary/aromatic N) is 6. The Morgan fingerprint density at radius 2 is 1.97 bits per heavy atom. The molecule has 0 fully saturated rings. The molecular formula is C26H20Cl2N8O2. The predicted molar refractivity (Wildman–Crippen MR) is 142 cm³/mol. The lowest BCUT2D eigenvalue weighted by Crippen LogP contribution is -2.24. The number of amides is 1. The number of aromatic amines is 1. The van der Waals surface area contributed by atoms with Crippen LogP contribution in [0.15, 0.2) is 65.7 Å². The van der Waals surface area contributed by atoms with E-state index in [2.05, 4.69) is 20.5 Å². The highest BCUT2D eigenvalue weighted by atomic mass is 35.5. The Balaban J connectivity index is 1.37. The normalized spacial score (nSPS) is 14.5. The summed E-state index contributed by atoms with van der Waals surface area (Å²) in [4.78, 5) is 32.7. The van der Waals surface area contributed by atoms with E-state index in [1.165, 1.54) is 11.0 Å². The Morgan fingerprint density at radius 1 is 1.11 bits per heavy atom. The van der Waals surface area contributed by atoms with Crippen LogP contribution in [-0.2, 0) is 17.6 Å². The van der Waals surface area contributed by atoms with Crippen molar-refractivity contribution in [2.75, 3.05) is 0 Å². The second kappa shape index (κ2) is 9.55. The number of rotatable bonds is 6. The topological polar surface area (TPSA) is 137 Å². The van der Waals surface area contributed by atoms with E-state index in [1.54, 1.807) is 22.8 Å². The molecule has 0 spiro atoms. The van der Waals surface area contributed by atoms with Crippen LogP contribution in [0.2, 0.25) is 10.2 Å². The first-order valence-corrected chi connectivity index (χ1v) is 12.5. The molecule has 4 heterocycles. The van der Waals surface area contributed by atoms with Crippen LogP contribution in [0.25, 0.3) is 28.1 Å². The molecule has 12 heteroatoms. The first kappa shape index (κ1) is 24.1. The average Bonchev–Trinajstić information content (AvgIpc) is 3.64. The molecule has 2 aromatic carbocycles. The van der Waals surface area contributed by atoms with Crippen molar-refractivity contribution in [3.63, 3.8) is 0 Å². The van der Waals surface area contributed by atoms with E-state index in [4.69, 9.17) is 33.9 Å². The summed E-state index contributed by atoms with van der Waals surface area (Å²) in [6, 6.07) is 16.0. The van der Waals surface area contributed by atoms with Crippen LogP contribution in [-0.4, -0.2) is 40.6 Å². The van der Waals surface area contributed by atoms with Crippen molar-refractivity contribution >= 4 is 29.1 Å². The molecule has 0 aliphatic carbocycles. The van der Waals surface area contributed by atoms with Crippen molar-refractivity contribution in [1.82, 2.24) is 34.7 Å². The van der Waals surface area contributed by atoms with Crippen molar-refractivity contribution in [2.45, 2.75) is 25.3 Å². The van der Waals surface area contributed by atoms with Crippen LogP contribution < -0.4 is 11.3 Å². The number of nitrogens with one attached hydrogen (secondary N) is 1. The Labute approximate surface area is 226 Å². The Bertz CT molecular complexity index is 1740. The number of tetrazole rings is 1. The van der Waals surface area contributed by atoms with E-state index in [0.717, 1.165) is 27.9 Å². The molecule has 190 valence electrons. The Kier molecular flexibility index (Phi) is 6.05. The number of carbonyl (C=O) groups is 1. The van der Waals surface area contributed by atoms with Crippen LogP contribution in [0.5, 0.6) is 0 Å². The minimum Gasteiger partial charge on any atom is -0.369 e. The summed E-state index contributed by atoms with van der Waals surface area (Å²) in [5.41, 5.74) is 10.3. The number of primary amides is 1. The number of carbonyl (C=O) groups excluding carboxylic acids is 1. The van der Waals surface area contributed by atoms with Crippen LogP contribution in [0.4, 0.5) is 0 Å². The number of fused-ring (bicyclic) bond motifs is 1. The molecule has 0 saturated carbocycles. The van der Waals surface area contributed by atoms with Gasteiger partial charge in [0.1, 0.15) is 23.0 Å². The third kappa shape index (κ3) is 4.37. The molecule has 1 atom stereocenters. The monoisotopic (exact) mass is 546 g/mol. The standard InChI is InChI=1S/C26H20Cl2N8O2/c27-17-4-6-20(35-13-30-33-34-35)19(12-17)16-10-18-5-7-21(36(18)23(38)11-16)26-31-24(25(28)32-26)15-3-1-2-14(8-15)9-22(29)37/h1-4,6,8,10-13,21H,5,7,9H2,(H2,29,37)(H,31,32)/t21-/m0/s1. The van der Waals surface area contributed by atoms with Gasteiger partial charge in [-0.05, 0) is 64.7 Å². The van der Waals surface area contributed by atoms with Crippen molar-refractivity contribution in [1.29, 1.82) is 0 Å². The maximum absolute atomic E-state index is 13.4. The summed E-state index contributed by atoms with van der Waals surface area (Å²) >= 11 is 12.8. The molecule has 1 aliphatic heterocycles. The second-order valence-corrected chi connectivity index (χ2v) is 9.86. The molecule has 3 aromatic heterocycles. The van der Waals surface area contributed by atoms with Gasteiger partial charge in [-0.15, -0.1) is 5.10 Å². The Morgan fingerprint density at radius 3 is 2.76 bits per heavy atom. The van der Waals surface area contributed by atoms with Gasteiger partial charge in [0.2, 0.25) is 5.91 Å². The highest BCUT2D eigenvalue weighted by molar-refractivity contribution is 6.32. The molecule has 1 aliphatic rings.